The van der Waals surface area contributed by atoms with E-state index in [2.05, 4.69) is 41.4 Å². The number of nitrogens with one attached hydrogen (secondary N) is 1. The van der Waals surface area contributed by atoms with E-state index in [-0.39, 0.29) is 11.7 Å². The van der Waals surface area contributed by atoms with Crippen molar-refractivity contribution in [1.82, 2.24) is 14.8 Å². The first kappa shape index (κ1) is 19.6. The highest BCUT2D eigenvalue weighted by Crippen LogP contribution is 2.24. The number of aromatic nitrogens is 3. The van der Waals surface area contributed by atoms with Crippen molar-refractivity contribution in [2.75, 3.05) is 5.32 Å². The van der Waals surface area contributed by atoms with Gasteiger partial charge in [0.15, 0.2) is 5.82 Å². The van der Waals surface area contributed by atoms with Gasteiger partial charge in [0.05, 0.1) is 5.69 Å². The smallest absolute Gasteiger partial charge is 0.295 e. The number of aryl methyl sites for hydroxylation is 4. The van der Waals surface area contributed by atoms with E-state index in [1.54, 1.807) is 4.68 Å². The lowest BCUT2D eigenvalue weighted by molar-refractivity contribution is 0.101. The summed E-state index contributed by atoms with van der Waals surface area (Å²) in [6, 6.07) is 21.8. The molecule has 0 aliphatic carbocycles. The molecule has 1 heterocycles. The van der Waals surface area contributed by atoms with Crippen LogP contribution < -0.4 is 5.32 Å². The van der Waals surface area contributed by atoms with Crippen LogP contribution in [0.4, 0.5) is 5.69 Å². The van der Waals surface area contributed by atoms with E-state index in [9.17, 15) is 4.79 Å². The largest absolute Gasteiger partial charge is 0.319 e. The molecule has 4 aromatic rings. The molecule has 5 heteroatoms. The van der Waals surface area contributed by atoms with Gasteiger partial charge < -0.3 is 5.32 Å². The Balaban J connectivity index is 1.80. The van der Waals surface area contributed by atoms with E-state index in [0.717, 1.165) is 33.6 Å². The molecular weight excluding hydrogens is 372 g/mol. The number of amides is 1. The molecule has 0 atom stereocenters. The average Bonchev–Trinajstić information content (AvgIpc) is 3.17. The van der Waals surface area contributed by atoms with Crippen LogP contribution in [0, 0.1) is 27.7 Å². The predicted molar refractivity (Wildman–Crippen MR) is 120 cm³/mol. The summed E-state index contributed by atoms with van der Waals surface area (Å²) in [7, 11) is 0. The van der Waals surface area contributed by atoms with Gasteiger partial charge in [-0.15, -0.1) is 5.10 Å². The Morgan fingerprint density at radius 2 is 1.63 bits per heavy atom. The molecule has 0 bridgehead atoms. The van der Waals surface area contributed by atoms with E-state index < -0.39 is 0 Å². The van der Waals surface area contributed by atoms with Crippen molar-refractivity contribution in [3.63, 3.8) is 0 Å². The fourth-order valence-electron chi connectivity index (χ4n) is 3.31. The van der Waals surface area contributed by atoms with Gasteiger partial charge in [0.2, 0.25) is 5.82 Å². The third kappa shape index (κ3) is 3.87. The second-order valence-corrected chi connectivity index (χ2v) is 7.58. The van der Waals surface area contributed by atoms with Gasteiger partial charge in [-0.1, -0.05) is 48.0 Å². The van der Waals surface area contributed by atoms with Gasteiger partial charge >= 0.3 is 0 Å². The lowest BCUT2D eigenvalue weighted by Crippen LogP contribution is -2.15. The van der Waals surface area contributed by atoms with Crippen LogP contribution in [-0.4, -0.2) is 20.7 Å². The Labute approximate surface area is 176 Å². The molecule has 150 valence electrons. The van der Waals surface area contributed by atoms with Crippen LogP contribution in [0.25, 0.3) is 17.1 Å². The molecule has 0 saturated carbocycles. The average molecular weight is 396 g/mol. The van der Waals surface area contributed by atoms with Crippen molar-refractivity contribution in [3.05, 3.63) is 94.8 Å². The number of benzene rings is 3. The fourth-order valence-corrected chi connectivity index (χ4v) is 3.31. The summed E-state index contributed by atoms with van der Waals surface area (Å²) in [5.74, 6) is 0.436. The number of rotatable bonds is 4. The zero-order valence-corrected chi connectivity index (χ0v) is 17.6. The number of hydrogen-bond acceptors (Lipinski definition) is 3. The number of anilines is 1. The first-order valence-electron chi connectivity index (χ1n) is 9.91. The van der Waals surface area contributed by atoms with Gasteiger partial charge in [0.1, 0.15) is 0 Å². The van der Waals surface area contributed by atoms with Crippen molar-refractivity contribution in [2.45, 2.75) is 27.7 Å². The molecule has 0 fully saturated rings. The highest BCUT2D eigenvalue weighted by Gasteiger charge is 2.19. The summed E-state index contributed by atoms with van der Waals surface area (Å²) in [5.41, 5.74) is 7.00. The zero-order chi connectivity index (χ0) is 21.3. The molecule has 30 heavy (non-hydrogen) atoms. The summed E-state index contributed by atoms with van der Waals surface area (Å²) in [6.45, 7) is 8.12. The van der Waals surface area contributed by atoms with Gasteiger partial charge in [-0.25, -0.2) is 9.67 Å². The normalized spacial score (nSPS) is 10.8. The second-order valence-electron chi connectivity index (χ2n) is 7.58. The Bertz CT molecular complexity index is 1240. The summed E-state index contributed by atoms with van der Waals surface area (Å²) in [5, 5.41) is 7.50. The van der Waals surface area contributed by atoms with Crippen molar-refractivity contribution >= 4 is 11.6 Å². The Morgan fingerprint density at radius 1 is 0.833 bits per heavy atom. The molecule has 3 aromatic carbocycles. The summed E-state index contributed by atoms with van der Waals surface area (Å²) >= 11 is 0. The molecule has 0 saturated heterocycles. The third-order valence-corrected chi connectivity index (χ3v) is 5.21. The minimum atomic E-state index is -0.333. The summed E-state index contributed by atoms with van der Waals surface area (Å²) < 4.78 is 1.74. The highest BCUT2D eigenvalue weighted by molar-refractivity contribution is 6.02. The summed E-state index contributed by atoms with van der Waals surface area (Å²) in [6.07, 6.45) is 0. The standard InChI is InChI=1S/C25H24N4O/c1-16-8-7-10-20(14-16)24-27-23(25(30)26-22-11-6-5-9-18(22)3)28-29(24)21-13-12-17(2)19(4)15-21/h5-15H,1-4H3,(H,26,30). The molecule has 0 aliphatic heterocycles. The number of carbonyl (C=O) groups is 1. The highest BCUT2D eigenvalue weighted by atomic mass is 16.2. The van der Waals surface area contributed by atoms with Gasteiger partial charge in [0, 0.05) is 11.3 Å². The monoisotopic (exact) mass is 396 g/mol. The van der Waals surface area contributed by atoms with Crippen molar-refractivity contribution in [3.8, 4) is 17.1 Å². The van der Waals surface area contributed by atoms with Gasteiger partial charge in [-0.05, 0) is 68.7 Å². The van der Waals surface area contributed by atoms with Gasteiger partial charge in [0.25, 0.3) is 5.91 Å². The number of carbonyl (C=O) groups excluding carboxylic acids is 1. The van der Waals surface area contributed by atoms with Crippen LogP contribution in [0.5, 0.6) is 0 Å². The maximum atomic E-state index is 12.9. The van der Waals surface area contributed by atoms with Crippen LogP contribution in [0.15, 0.2) is 66.7 Å². The predicted octanol–water partition coefficient (Wildman–Crippen LogP) is 5.42. The lowest BCUT2D eigenvalue weighted by Gasteiger charge is -2.09. The first-order chi connectivity index (χ1) is 14.4. The van der Waals surface area contributed by atoms with Crippen molar-refractivity contribution in [1.29, 1.82) is 0 Å². The molecular formula is C25H24N4O. The molecule has 4 rings (SSSR count). The first-order valence-corrected chi connectivity index (χ1v) is 9.91. The molecule has 5 nitrogen and oxygen atoms in total. The minimum absolute atomic E-state index is 0.132. The maximum Gasteiger partial charge on any atom is 0.295 e. The molecule has 0 unspecified atom stereocenters. The molecule has 0 spiro atoms. The quantitative estimate of drug-likeness (QED) is 0.501. The maximum absolute atomic E-state index is 12.9. The van der Waals surface area contributed by atoms with E-state index in [0.29, 0.717) is 5.82 Å². The van der Waals surface area contributed by atoms with E-state index in [4.69, 9.17) is 0 Å². The van der Waals surface area contributed by atoms with E-state index >= 15 is 0 Å². The van der Waals surface area contributed by atoms with Crippen molar-refractivity contribution in [2.24, 2.45) is 0 Å². The van der Waals surface area contributed by atoms with E-state index in [1.807, 2.05) is 68.4 Å². The SMILES string of the molecule is Cc1cccc(-c2nc(C(=O)Nc3ccccc3C)nn2-c2ccc(C)c(C)c2)c1. The Kier molecular flexibility index (Phi) is 5.19. The Hall–Kier alpha value is -3.73. The zero-order valence-electron chi connectivity index (χ0n) is 17.6. The van der Waals surface area contributed by atoms with E-state index in [1.165, 1.54) is 5.56 Å². The number of nitrogens with zero attached hydrogens (tertiary/aromatic N) is 3. The third-order valence-electron chi connectivity index (χ3n) is 5.21. The topological polar surface area (TPSA) is 59.8 Å². The van der Waals surface area contributed by atoms with Crippen LogP contribution >= 0.6 is 0 Å². The van der Waals surface area contributed by atoms with Crippen LogP contribution in [-0.2, 0) is 0 Å². The van der Waals surface area contributed by atoms with Crippen molar-refractivity contribution < 1.29 is 4.79 Å². The molecule has 1 N–H and O–H groups in total. The van der Waals surface area contributed by atoms with Gasteiger partial charge in [-0.3, -0.25) is 4.79 Å². The van der Waals surface area contributed by atoms with Crippen LogP contribution in [0.2, 0.25) is 0 Å². The minimum Gasteiger partial charge on any atom is -0.319 e. The Morgan fingerprint density at radius 3 is 2.37 bits per heavy atom. The fraction of sp³-hybridized carbons (Fsp3) is 0.160. The summed E-state index contributed by atoms with van der Waals surface area (Å²) in [4.78, 5) is 17.5. The van der Waals surface area contributed by atoms with Crippen LogP contribution in [0.3, 0.4) is 0 Å². The van der Waals surface area contributed by atoms with Crippen LogP contribution in [0.1, 0.15) is 32.9 Å². The van der Waals surface area contributed by atoms with Gasteiger partial charge in [-0.2, -0.15) is 0 Å². The second kappa shape index (κ2) is 7.95. The molecule has 0 aliphatic rings. The molecule has 1 aromatic heterocycles. The number of para-hydroxylation sites is 1. The molecule has 1 amide bonds. The number of hydrogen-bond donors (Lipinski definition) is 1. The lowest BCUT2D eigenvalue weighted by atomic mass is 10.1. The molecule has 0 radical (unpaired) electrons.